The maximum atomic E-state index is 12.5. The second kappa shape index (κ2) is 5.34. The van der Waals surface area contributed by atoms with E-state index in [0.29, 0.717) is 5.56 Å². The van der Waals surface area contributed by atoms with E-state index in [2.05, 4.69) is 35.1 Å². The number of hydrogen-bond donors (Lipinski definition) is 1. The van der Waals surface area contributed by atoms with E-state index in [4.69, 9.17) is 4.42 Å². The number of carbonyl (C=O) groups is 1. The van der Waals surface area contributed by atoms with Crippen LogP contribution in [0.3, 0.4) is 0 Å². The van der Waals surface area contributed by atoms with Crippen LogP contribution in [0.4, 0.5) is 0 Å². The lowest BCUT2D eigenvalue weighted by Gasteiger charge is -2.34. The standard InChI is InChI=1S/C17H18BrNO2/c1-17(2)9-14(12-7-8-21-15(12)10-17)19-16(20)11-5-3-4-6-13(11)18/h3-8,14H,9-10H2,1-2H3,(H,19,20). The van der Waals surface area contributed by atoms with Gasteiger partial charge in [-0.15, -0.1) is 0 Å². The summed E-state index contributed by atoms with van der Waals surface area (Å²) < 4.78 is 6.38. The van der Waals surface area contributed by atoms with Crippen LogP contribution in [-0.4, -0.2) is 5.91 Å². The lowest BCUT2D eigenvalue weighted by atomic mass is 9.74. The lowest BCUT2D eigenvalue weighted by Crippen LogP contribution is -2.36. The smallest absolute Gasteiger partial charge is 0.252 e. The Bertz CT molecular complexity index is 675. The molecule has 1 heterocycles. The van der Waals surface area contributed by atoms with Gasteiger partial charge < -0.3 is 9.73 Å². The summed E-state index contributed by atoms with van der Waals surface area (Å²) >= 11 is 3.43. The number of halogens is 1. The molecule has 1 aromatic heterocycles. The van der Waals surface area contributed by atoms with Gasteiger partial charge in [-0.05, 0) is 46.0 Å². The van der Waals surface area contributed by atoms with Gasteiger partial charge in [-0.2, -0.15) is 0 Å². The molecular weight excluding hydrogens is 330 g/mol. The third-order valence-electron chi connectivity index (χ3n) is 3.97. The minimum atomic E-state index is -0.0580. The first kappa shape index (κ1) is 14.4. The van der Waals surface area contributed by atoms with Crippen LogP contribution >= 0.6 is 15.9 Å². The molecular formula is C17H18BrNO2. The molecule has 0 saturated heterocycles. The van der Waals surface area contributed by atoms with E-state index in [9.17, 15) is 4.79 Å². The van der Waals surface area contributed by atoms with Crippen molar-refractivity contribution in [3.63, 3.8) is 0 Å². The Balaban J connectivity index is 1.86. The van der Waals surface area contributed by atoms with Crippen molar-refractivity contribution >= 4 is 21.8 Å². The molecule has 1 unspecified atom stereocenters. The van der Waals surface area contributed by atoms with Crippen molar-refractivity contribution in [1.82, 2.24) is 5.32 Å². The van der Waals surface area contributed by atoms with E-state index in [-0.39, 0.29) is 17.4 Å². The number of nitrogens with one attached hydrogen (secondary N) is 1. The molecule has 1 aliphatic rings. The fourth-order valence-corrected chi connectivity index (χ4v) is 3.45. The molecule has 1 aliphatic carbocycles. The highest BCUT2D eigenvalue weighted by Crippen LogP contribution is 2.41. The Kier molecular flexibility index (Phi) is 3.66. The van der Waals surface area contributed by atoms with Gasteiger partial charge in [0, 0.05) is 16.5 Å². The van der Waals surface area contributed by atoms with Crippen LogP contribution < -0.4 is 5.32 Å². The summed E-state index contributed by atoms with van der Waals surface area (Å²) in [6.45, 7) is 4.41. The van der Waals surface area contributed by atoms with E-state index in [1.165, 1.54) is 0 Å². The summed E-state index contributed by atoms with van der Waals surface area (Å²) in [7, 11) is 0. The first-order valence-electron chi connectivity index (χ1n) is 7.08. The summed E-state index contributed by atoms with van der Waals surface area (Å²) in [5.74, 6) is 0.931. The van der Waals surface area contributed by atoms with Crippen molar-refractivity contribution in [2.45, 2.75) is 32.7 Å². The van der Waals surface area contributed by atoms with Gasteiger partial charge in [0.25, 0.3) is 5.91 Å². The quantitative estimate of drug-likeness (QED) is 0.869. The molecule has 1 aromatic carbocycles. The molecule has 0 spiro atoms. The second-order valence-electron chi connectivity index (χ2n) is 6.35. The Morgan fingerprint density at radius 1 is 1.33 bits per heavy atom. The van der Waals surface area contributed by atoms with Crippen molar-refractivity contribution in [2.75, 3.05) is 0 Å². The van der Waals surface area contributed by atoms with E-state index in [0.717, 1.165) is 28.6 Å². The molecule has 3 rings (SSSR count). The van der Waals surface area contributed by atoms with Gasteiger partial charge >= 0.3 is 0 Å². The number of hydrogen-bond acceptors (Lipinski definition) is 2. The van der Waals surface area contributed by atoms with Crippen LogP contribution in [0.1, 0.15) is 48.0 Å². The first-order valence-corrected chi connectivity index (χ1v) is 7.87. The maximum Gasteiger partial charge on any atom is 0.252 e. The monoisotopic (exact) mass is 347 g/mol. The Labute approximate surface area is 132 Å². The van der Waals surface area contributed by atoms with Gasteiger partial charge in [-0.1, -0.05) is 26.0 Å². The fourth-order valence-electron chi connectivity index (χ4n) is 2.98. The third kappa shape index (κ3) is 2.91. The average Bonchev–Trinajstić information content (AvgIpc) is 2.85. The predicted octanol–water partition coefficient (Wildman–Crippen LogP) is 4.49. The summed E-state index contributed by atoms with van der Waals surface area (Å²) in [6, 6.07) is 9.44. The van der Waals surface area contributed by atoms with Crippen LogP contribution in [0.2, 0.25) is 0 Å². The zero-order valence-electron chi connectivity index (χ0n) is 12.2. The predicted molar refractivity (Wildman–Crippen MR) is 85.2 cm³/mol. The second-order valence-corrected chi connectivity index (χ2v) is 7.20. The highest BCUT2D eigenvalue weighted by atomic mass is 79.9. The minimum absolute atomic E-state index is 0.00195. The molecule has 3 nitrogen and oxygen atoms in total. The van der Waals surface area contributed by atoms with Crippen LogP contribution in [-0.2, 0) is 6.42 Å². The average molecular weight is 348 g/mol. The molecule has 110 valence electrons. The van der Waals surface area contributed by atoms with E-state index < -0.39 is 0 Å². The van der Waals surface area contributed by atoms with E-state index in [1.54, 1.807) is 6.26 Å². The number of carbonyl (C=O) groups excluding carboxylic acids is 1. The summed E-state index contributed by atoms with van der Waals surface area (Å²) in [6.07, 6.45) is 3.54. The number of rotatable bonds is 2. The number of benzene rings is 1. The SMILES string of the molecule is CC1(C)Cc2occc2C(NC(=O)c2ccccc2Br)C1. The topological polar surface area (TPSA) is 42.2 Å². The molecule has 21 heavy (non-hydrogen) atoms. The molecule has 2 aromatic rings. The molecule has 0 radical (unpaired) electrons. The lowest BCUT2D eigenvalue weighted by molar-refractivity contribution is 0.0916. The largest absolute Gasteiger partial charge is 0.469 e. The van der Waals surface area contributed by atoms with Crippen molar-refractivity contribution in [2.24, 2.45) is 5.41 Å². The van der Waals surface area contributed by atoms with Gasteiger partial charge in [-0.3, -0.25) is 4.79 Å². The molecule has 0 fully saturated rings. The zero-order chi connectivity index (χ0) is 15.0. The number of amides is 1. The van der Waals surface area contributed by atoms with Gasteiger partial charge in [0.1, 0.15) is 5.76 Å². The molecule has 1 amide bonds. The minimum Gasteiger partial charge on any atom is -0.469 e. The van der Waals surface area contributed by atoms with Crippen LogP contribution in [0.5, 0.6) is 0 Å². The fraction of sp³-hybridized carbons (Fsp3) is 0.353. The first-order chi connectivity index (χ1) is 9.96. The van der Waals surface area contributed by atoms with Gasteiger partial charge in [0.05, 0.1) is 17.9 Å². The Morgan fingerprint density at radius 3 is 2.86 bits per heavy atom. The van der Waals surface area contributed by atoms with Crippen LogP contribution in [0, 0.1) is 5.41 Å². The van der Waals surface area contributed by atoms with Crippen LogP contribution in [0.25, 0.3) is 0 Å². The van der Waals surface area contributed by atoms with Gasteiger partial charge in [0.15, 0.2) is 0 Å². The Morgan fingerprint density at radius 2 is 2.10 bits per heavy atom. The molecule has 0 aliphatic heterocycles. The molecule has 4 heteroatoms. The van der Waals surface area contributed by atoms with Crippen molar-refractivity contribution in [3.05, 3.63) is 58.0 Å². The maximum absolute atomic E-state index is 12.5. The molecule has 1 N–H and O–H groups in total. The van der Waals surface area contributed by atoms with E-state index >= 15 is 0 Å². The van der Waals surface area contributed by atoms with Crippen molar-refractivity contribution in [1.29, 1.82) is 0 Å². The Hall–Kier alpha value is -1.55. The summed E-state index contributed by atoms with van der Waals surface area (Å²) in [5.41, 5.74) is 1.89. The van der Waals surface area contributed by atoms with Gasteiger partial charge in [0.2, 0.25) is 0 Å². The number of fused-ring (bicyclic) bond motifs is 1. The van der Waals surface area contributed by atoms with Crippen molar-refractivity contribution < 1.29 is 9.21 Å². The highest BCUT2D eigenvalue weighted by Gasteiger charge is 2.35. The van der Waals surface area contributed by atoms with Gasteiger partial charge in [-0.25, -0.2) is 0 Å². The highest BCUT2D eigenvalue weighted by molar-refractivity contribution is 9.10. The third-order valence-corrected chi connectivity index (χ3v) is 4.67. The normalized spacial score (nSPS) is 19.9. The summed E-state index contributed by atoms with van der Waals surface area (Å²) in [5, 5.41) is 3.14. The van der Waals surface area contributed by atoms with Crippen LogP contribution in [0.15, 0.2) is 45.5 Å². The molecule has 1 atom stereocenters. The molecule has 0 bridgehead atoms. The van der Waals surface area contributed by atoms with Crippen molar-refractivity contribution in [3.8, 4) is 0 Å². The summed E-state index contributed by atoms with van der Waals surface area (Å²) in [4.78, 5) is 12.5. The van der Waals surface area contributed by atoms with E-state index in [1.807, 2.05) is 30.3 Å². The molecule has 0 saturated carbocycles. The number of furan rings is 1. The zero-order valence-corrected chi connectivity index (χ0v) is 13.7.